The van der Waals surface area contributed by atoms with Crippen LogP contribution in [0.3, 0.4) is 0 Å². The van der Waals surface area contributed by atoms with Gasteiger partial charge in [0.25, 0.3) is 0 Å². The van der Waals surface area contributed by atoms with E-state index in [2.05, 4.69) is 30.1 Å². The smallest absolute Gasteiger partial charge is 0.159 e. The van der Waals surface area contributed by atoms with Crippen LogP contribution in [-0.2, 0) is 0 Å². The highest BCUT2D eigenvalue weighted by Crippen LogP contribution is 2.33. The van der Waals surface area contributed by atoms with Gasteiger partial charge in [-0.05, 0) is 44.4 Å². The number of aromatic nitrogens is 7. The van der Waals surface area contributed by atoms with E-state index in [4.69, 9.17) is 9.72 Å². The average Bonchev–Trinajstić information content (AvgIpc) is 3.51. The lowest BCUT2D eigenvalue weighted by Crippen LogP contribution is -2.19. The fraction of sp³-hybridized carbons (Fsp3) is 0.148. The second-order valence-electron chi connectivity index (χ2n) is 9.09. The number of halogens is 1. The van der Waals surface area contributed by atoms with Crippen molar-refractivity contribution < 1.29 is 14.2 Å². The molecule has 0 aliphatic heterocycles. The van der Waals surface area contributed by atoms with Crippen LogP contribution in [0.1, 0.15) is 0 Å². The van der Waals surface area contributed by atoms with Crippen molar-refractivity contribution in [1.29, 1.82) is 0 Å². The number of ether oxygens (including phenoxy) is 1. The highest BCUT2D eigenvalue weighted by Gasteiger charge is 2.17. The number of fused-ring (bicyclic) bond motifs is 2. The maximum absolute atomic E-state index is 14.0. The van der Waals surface area contributed by atoms with Crippen LogP contribution in [-0.4, -0.2) is 72.4 Å². The van der Waals surface area contributed by atoms with Gasteiger partial charge in [-0.15, -0.1) is 0 Å². The first kappa shape index (κ1) is 23.5. The highest BCUT2D eigenvalue weighted by atomic mass is 19.1. The minimum absolute atomic E-state index is 0.186. The Kier molecular flexibility index (Phi) is 5.89. The topological polar surface area (TPSA) is 129 Å². The molecular weight excluding hydrogens is 487 g/mol. The van der Waals surface area contributed by atoms with Gasteiger partial charge in [0.15, 0.2) is 5.82 Å². The number of rotatable bonds is 7. The summed E-state index contributed by atoms with van der Waals surface area (Å²) in [6.45, 7) is 1.34. The molecule has 6 aromatic rings. The van der Waals surface area contributed by atoms with Crippen LogP contribution < -0.4 is 4.74 Å². The molecule has 5 aromatic heterocycles. The largest absolute Gasteiger partial charge is 0.508 e. The number of pyridine rings is 3. The third kappa shape index (κ3) is 4.50. The van der Waals surface area contributed by atoms with E-state index in [0.717, 1.165) is 29.1 Å². The lowest BCUT2D eigenvalue weighted by molar-refractivity contribution is 0.261. The summed E-state index contributed by atoms with van der Waals surface area (Å²) in [5.74, 6) is 0.431. The van der Waals surface area contributed by atoms with Crippen molar-refractivity contribution in [3.05, 3.63) is 67.0 Å². The zero-order valence-corrected chi connectivity index (χ0v) is 20.6. The van der Waals surface area contributed by atoms with Gasteiger partial charge in [0, 0.05) is 41.5 Å². The standard InChI is InChI=1S/C27H23FN8O2/c1-36(2)5-6-38-19-9-16(12-29-13-19)22-11-20-23(14-31-22)34-35-25(20)27-32-21-3-4-30-24(26(21)33-27)15-7-17(28)10-18(37)8-15/h3-4,7-14,37H,5-6H2,1-2H3,(H,32,33)(H,34,35). The molecule has 6 rings (SSSR count). The molecular formula is C27H23FN8O2. The van der Waals surface area contributed by atoms with E-state index in [1.165, 1.54) is 12.1 Å². The molecule has 3 N–H and O–H groups in total. The van der Waals surface area contributed by atoms with E-state index in [-0.39, 0.29) is 5.75 Å². The van der Waals surface area contributed by atoms with Crippen molar-refractivity contribution >= 4 is 21.9 Å². The Morgan fingerprint density at radius 2 is 1.87 bits per heavy atom. The van der Waals surface area contributed by atoms with Gasteiger partial charge in [0.05, 0.1) is 34.8 Å². The van der Waals surface area contributed by atoms with Crippen LogP contribution in [0.25, 0.3) is 56.0 Å². The van der Waals surface area contributed by atoms with E-state index >= 15 is 0 Å². The Morgan fingerprint density at radius 3 is 2.71 bits per heavy atom. The molecule has 0 saturated heterocycles. The Morgan fingerprint density at radius 1 is 0.974 bits per heavy atom. The van der Waals surface area contributed by atoms with E-state index in [9.17, 15) is 9.50 Å². The number of nitrogens with zero attached hydrogens (tertiary/aromatic N) is 6. The van der Waals surface area contributed by atoms with E-state index < -0.39 is 5.82 Å². The molecule has 0 amide bonds. The first-order chi connectivity index (χ1) is 18.4. The van der Waals surface area contributed by atoms with Crippen LogP contribution in [0.4, 0.5) is 4.39 Å². The quantitative estimate of drug-likeness (QED) is 0.288. The summed E-state index contributed by atoms with van der Waals surface area (Å²) in [7, 11) is 3.98. The number of phenols is 1. The third-order valence-electron chi connectivity index (χ3n) is 6.04. The van der Waals surface area contributed by atoms with Crippen molar-refractivity contribution in [3.8, 4) is 45.5 Å². The van der Waals surface area contributed by atoms with Gasteiger partial charge < -0.3 is 19.7 Å². The fourth-order valence-electron chi connectivity index (χ4n) is 4.21. The summed E-state index contributed by atoms with van der Waals surface area (Å²) in [4.78, 5) is 23.4. The van der Waals surface area contributed by atoms with Crippen LogP contribution in [0, 0.1) is 5.82 Å². The van der Waals surface area contributed by atoms with Gasteiger partial charge >= 0.3 is 0 Å². The SMILES string of the molecule is CN(C)CCOc1cncc(-c2cc3c(-c4nc5c(-c6cc(O)cc(F)c6)nccc5[nH]4)n[nH]c3cn2)c1. The Bertz CT molecular complexity index is 1760. The van der Waals surface area contributed by atoms with Crippen molar-refractivity contribution in [2.75, 3.05) is 27.2 Å². The Hall–Kier alpha value is -4.90. The molecule has 5 heterocycles. The second kappa shape index (κ2) is 9.52. The average molecular weight is 511 g/mol. The van der Waals surface area contributed by atoms with Crippen LogP contribution in [0.2, 0.25) is 0 Å². The summed E-state index contributed by atoms with van der Waals surface area (Å²) >= 11 is 0. The number of nitrogens with one attached hydrogen (secondary N) is 2. The zero-order valence-electron chi connectivity index (χ0n) is 20.6. The van der Waals surface area contributed by atoms with Gasteiger partial charge in [0.1, 0.15) is 35.1 Å². The number of aromatic hydroxyl groups is 1. The molecule has 0 unspecified atom stereocenters. The summed E-state index contributed by atoms with van der Waals surface area (Å²) in [6.07, 6.45) is 6.73. The molecule has 1 aromatic carbocycles. The summed E-state index contributed by atoms with van der Waals surface area (Å²) < 4.78 is 19.8. The van der Waals surface area contributed by atoms with Gasteiger partial charge in [-0.3, -0.25) is 20.1 Å². The predicted octanol–water partition coefficient (Wildman–Crippen LogP) is 4.41. The number of phenolic OH excluding ortho intramolecular Hbond substituents is 1. The Balaban J connectivity index is 1.38. The summed E-state index contributed by atoms with van der Waals surface area (Å²) in [6, 6.07) is 9.42. The number of hydrogen-bond acceptors (Lipinski definition) is 8. The first-order valence-corrected chi connectivity index (χ1v) is 11.9. The number of H-pyrrole nitrogens is 2. The number of likely N-dealkylation sites (N-methyl/N-ethyl adjacent to an activating group) is 1. The molecule has 0 atom stereocenters. The number of hydrogen-bond donors (Lipinski definition) is 3. The van der Waals surface area contributed by atoms with E-state index in [1.54, 1.807) is 30.9 Å². The molecule has 38 heavy (non-hydrogen) atoms. The summed E-state index contributed by atoms with van der Waals surface area (Å²) in [5.41, 5.74) is 4.95. The van der Waals surface area contributed by atoms with Gasteiger partial charge in [0.2, 0.25) is 0 Å². The summed E-state index contributed by atoms with van der Waals surface area (Å²) in [5, 5.41) is 18.2. The van der Waals surface area contributed by atoms with Crippen LogP contribution in [0.15, 0.2) is 61.2 Å². The van der Waals surface area contributed by atoms with Gasteiger partial charge in [-0.1, -0.05) is 0 Å². The molecule has 0 radical (unpaired) electrons. The second-order valence-corrected chi connectivity index (χ2v) is 9.09. The maximum Gasteiger partial charge on any atom is 0.159 e. The predicted molar refractivity (Wildman–Crippen MR) is 141 cm³/mol. The lowest BCUT2D eigenvalue weighted by atomic mass is 10.1. The monoisotopic (exact) mass is 510 g/mol. The number of benzene rings is 1. The van der Waals surface area contributed by atoms with E-state index in [1.807, 2.05) is 31.1 Å². The van der Waals surface area contributed by atoms with Crippen molar-refractivity contribution in [3.63, 3.8) is 0 Å². The molecule has 0 aliphatic carbocycles. The molecule has 10 nitrogen and oxygen atoms in total. The minimum Gasteiger partial charge on any atom is -0.508 e. The first-order valence-electron chi connectivity index (χ1n) is 11.9. The zero-order chi connectivity index (χ0) is 26.2. The fourth-order valence-corrected chi connectivity index (χ4v) is 4.21. The molecule has 0 saturated carbocycles. The maximum atomic E-state index is 14.0. The third-order valence-corrected chi connectivity index (χ3v) is 6.04. The number of imidazole rings is 1. The molecule has 0 spiro atoms. The molecule has 0 aliphatic rings. The van der Waals surface area contributed by atoms with Crippen LogP contribution in [0.5, 0.6) is 11.5 Å². The van der Waals surface area contributed by atoms with Gasteiger partial charge in [-0.25, -0.2) is 9.37 Å². The molecule has 0 bridgehead atoms. The molecule has 0 fully saturated rings. The number of aromatic amines is 2. The lowest BCUT2D eigenvalue weighted by Gasteiger charge is -2.11. The molecule has 190 valence electrons. The van der Waals surface area contributed by atoms with Crippen molar-refractivity contribution in [2.45, 2.75) is 0 Å². The van der Waals surface area contributed by atoms with Crippen LogP contribution >= 0.6 is 0 Å². The normalized spacial score (nSPS) is 11.6. The van der Waals surface area contributed by atoms with Crippen molar-refractivity contribution in [1.82, 2.24) is 40.0 Å². The Labute approximate surface area is 216 Å². The molecule has 11 heteroatoms. The minimum atomic E-state index is -0.561. The van der Waals surface area contributed by atoms with Gasteiger partial charge in [-0.2, -0.15) is 5.10 Å². The van der Waals surface area contributed by atoms with E-state index in [0.29, 0.717) is 51.9 Å². The van der Waals surface area contributed by atoms with Crippen molar-refractivity contribution in [2.24, 2.45) is 0 Å². The highest BCUT2D eigenvalue weighted by molar-refractivity contribution is 5.96.